The zero-order chi connectivity index (χ0) is 22.1. The number of hydrogen-bond donors (Lipinski definition) is 5. The highest BCUT2D eigenvalue weighted by atomic mass is 16.7. The molecule has 9 heteroatoms. The summed E-state index contributed by atoms with van der Waals surface area (Å²) in [5.41, 5.74) is -0.361. The number of rotatable bonds is 6. The van der Waals surface area contributed by atoms with Gasteiger partial charge >= 0.3 is 5.97 Å². The van der Waals surface area contributed by atoms with Gasteiger partial charge in [-0.3, -0.25) is 0 Å². The number of ether oxygens (including phenoxy) is 2. The Morgan fingerprint density at radius 3 is 2.60 bits per heavy atom. The molecule has 1 aliphatic heterocycles. The van der Waals surface area contributed by atoms with Gasteiger partial charge in [0.1, 0.15) is 24.1 Å². The normalized spacial score (nSPS) is 37.2. The van der Waals surface area contributed by atoms with E-state index < -0.39 is 42.3 Å². The summed E-state index contributed by atoms with van der Waals surface area (Å²) in [7, 11) is 3.93. The van der Waals surface area contributed by atoms with Gasteiger partial charge in [0.2, 0.25) is 6.29 Å². The Balaban J connectivity index is 1.82. The van der Waals surface area contributed by atoms with E-state index in [-0.39, 0.29) is 11.7 Å². The molecule has 0 radical (unpaired) electrons. The Morgan fingerprint density at radius 1 is 1.20 bits per heavy atom. The van der Waals surface area contributed by atoms with Crippen LogP contribution in [0.5, 0.6) is 5.75 Å². The second kappa shape index (κ2) is 9.17. The summed E-state index contributed by atoms with van der Waals surface area (Å²) in [5, 5.41) is 50.6. The molecule has 168 valence electrons. The van der Waals surface area contributed by atoms with Crippen LogP contribution in [0.15, 0.2) is 24.3 Å². The quantitative estimate of drug-likeness (QED) is 0.422. The molecule has 1 saturated carbocycles. The van der Waals surface area contributed by atoms with Crippen molar-refractivity contribution < 1.29 is 39.8 Å². The van der Waals surface area contributed by atoms with Crippen LogP contribution in [0.1, 0.15) is 31.2 Å². The van der Waals surface area contributed by atoms with Gasteiger partial charge < -0.3 is 39.9 Å². The Hall–Kier alpha value is -1.75. The maximum absolute atomic E-state index is 11.5. The predicted octanol–water partition coefficient (Wildman–Crippen LogP) is -0.103. The third-order valence-electron chi connectivity index (χ3n) is 6.02. The topological polar surface area (TPSA) is 140 Å². The molecule has 1 aromatic rings. The molecule has 1 heterocycles. The summed E-state index contributed by atoms with van der Waals surface area (Å²) >= 11 is 0. The Labute approximate surface area is 175 Å². The molecule has 9 nitrogen and oxygen atoms in total. The smallest absolute Gasteiger partial charge is 0.335 e. The third-order valence-corrected chi connectivity index (χ3v) is 6.02. The number of aliphatic hydroxyl groups excluding tert-OH is 3. The fourth-order valence-corrected chi connectivity index (χ4v) is 4.41. The van der Waals surface area contributed by atoms with Crippen molar-refractivity contribution in [2.75, 3.05) is 20.6 Å². The summed E-state index contributed by atoms with van der Waals surface area (Å²) in [6.45, 7) is 0.733. The molecule has 0 unspecified atom stereocenters. The van der Waals surface area contributed by atoms with Gasteiger partial charge in [-0.05, 0) is 44.6 Å². The first-order valence-corrected chi connectivity index (χ1v) is 10.2. The van der Waals surface area contributed by atoms with Gasteiger partial charge in [0, 0.05) is 12.5 Å². The fourth-order valence-electron chi connectivity index (χ4n) is 4.41. The van der Waals surface area contributed by atoms with Crippen molar-refractivity contribution in [3.63, 3.8) is 0 Å². The number of carboxylic acid groups (broad SMARTS) is 1. The molecule has 7 atom stereocenters. The van der Waals surface area contributed by atoms with E-state index in [1.54, 1.807) is 18.2 Å². The van der Waals surface area contributed by atoms with Crippen LogP contribution in [-0.2, 0) is 15.1 Å². The summed E-state index contributed by atoms with van der Waals surface area (Å²) in [6, 6.07) is 6.77. The second-order valence-electron chi connectivity index (χ2n) is 8.51. The highest BCUT2D eigenvalue weighted by molar-refractivity contribution is 5.73. The number of carboxylic acids is 1. The van der Waals surface area contributed by atoms with Gasteiger partial charge in [-0.25, -0.2) is 4.79 Å². The average molecular weight is 425 g/mol. The molecule has 30 heavy (non-hydrogen) atoms. The summed E-state index contributed by atoms with van der Waals surface area (Å²) in [5.74, 6) is -1.17. The Bertz CT molecular complexity index is 743. The van der Waals surface area contributed by atoms with Crippen molar-refractivity contribution in [2.24, 2.45) is 5.92 Å². The lowest BCUT2D eigenvalue weighted by atomic mass is 9.71. The first kappa shape index (κ1) is 22.9. The molecule has 5 N–H and O–H groups in total. The van der Waals surface area contributed by atoms with E-state index in [2.05, 4.69) is 0 Å². The van der Waals surface area contributed by atoms with Gasteiger partial charge in [0.15, 0.2) is 6.10 Å². The van der Waals surface area contributed by atoms with Crippen molar-refractivity contribution in [2.45, 2.75) is 62.0 Å². The molecule has 0 aromatic heterocycles. The lowest BCUT2D eigenvalue weighted by molar-refractivity contribution is -0.271. The van der Waals surface area contributed by atoms with Crippen LogP contribution in [0.4, 0.5) is 0 Å². The van der Waals surface area contributed by atoms with Crippen LogP contribution in [0.2, 0.25) is 0 Å². The van der Waals surface area contributed by atoms with E-state index in [1.807, 2.05) is 25.1 Å². The molecule has 0 bridgehead atoms. The van der Waals surface area contributed by atoms with Gasteiger partial charge in [0.05, 0.1) is 5.60 Å². The maximum Gasteiger partial charge on any atom is 0.335 e. The Kier molecular flexibility index (Phi) is 7.01. The molecular weight excluding hydrogens is 394 g/mol. The predicted molar refractivity (Wildman–Crippen MR) is 106 cm³/mol. The van der Waals surface area contributed by atoms with Crippen LogP contribution in [0, 0.1) is 5.92 Å². The largest absolute Gasteiger partial charge is 0.479 e. The van der Waals surface area contributed by atoms with Gasteiger partial charge in [-0.2, -0.15) is 0 Å². The van der Waals surface area contributed by atoms with Gasteiger partial charge in [-0.15, -0.1) is 0 Å². The number of hydrogen-bond acceptors (Lipinski definition) is 8. The minimum absolute atomic E-state index is 0.0429. The van der Waals surface area contributed by atoms with E-state index in [1.165, 1.54) is 0 Å². The standard InChI is InChI=1S/C21H31NO8/c1-22(2)11-13-6-3-4-9-21(13,28)12-7-5-8-14(10-12)29-20-17(25)15(23)16(24)18(30-20)19(26)27/h5,7-8,10,13,15-18,20,23-25,28H,3-4,6,9,11H2,1-2H3,(H,26,27)/t13-,15+,16+,17-,18+,20-,21-/m1/s1. The van der Waals surface area contributed by atoms with Crippen LogP contribution >= 0.6 is 0 Å². The molecule has 1 aliphatic carbocycles. The minimum Gasteiger partial charge on any atom is -0.479 e. The molecular formula is C21H31NO8. The Morgan fingerprint density at radius 2 is 1.93 bits per heavy atom. The van der Waals surface area contributed by atoms with Crippen molar-refractivity contribution in [3.05, 3.63) is 29.8 Å². The highest BCUT2D eigenvalue weighted by Crippen LogP contribution is 2.43. The molecule has 2 fully saturated rings. The SMILES string of the molecule is CN(C)C[C@H]1CCCC[C@@]1(O)c1cccc(O[C@@H]2O[C@H](C(=O)O)[C@@H](O)[C@H](O)[C@H]2O)c1. The molecule has 3 rings (SSSR count). The third kappa shape index (κ3) is 4.61. The number of carbonyl (C=O) groups is 1. The molecule has 1 saturated heterocycles. The monoisotopic (exact) mass is 425 g/mol. The van der Waals surface area contributed by atoms with E-state index in [0.717, 1.165) is 25.8 Å². The summed E-state index contributed by atoms with van der Waals surface area (Å²) in [6.07, 6.45) is -4.91. The van der Waals surface area contributed by atoms with E-state index in [9.17, 15) is 30.3 Å². The van der Waals surface area contributed by atoms with Crippen molar-refractivity contribution in [1.82, 2.24) is 4.90 Å². The number of aliphatic carboxylic acids is 1. The average Bonchev–Trinajstić information content (AvgIpc) is 2.70. The number of benzene rings is 1. The molecule has 0 amide bonds. The van der Waals surface area contributed by atoms with E-state index in [4.69, 9.17) is 9.47 Å². The van der Waals surface area contributed by atoms with Crippen LogP contribution in [0.3, 0.4) is 0 Å². The lowest BCUT2D eigenvalue weighted by Crippen LogP contribution is -2.61. The van der Waals surface area contributed by atoms with Crippen molar-refractivity contribution in [3.8, 4) is 5.75 Å². The van der Waals surface area contributed by atoms with Gasteiger partial charge in [-0.1, -0.05) is 25.0 Å². The fraction of sp³-hybridized carbons (Fsp3) is 0.667. The minimum atomic E-state index is -1.78. The first-order chi connectivity index (χ1) is 14.1. The zero-order valence-corrected chi connectivity index (χ0v) is 17.2. The summed E-state index contributed by atoms with van der Waals surface area (Å²) in [4.78, 5) is 13.3. The van der Waals surface area contributed by atoms with Crippen LogP contribution in [-0.4, -0.2) is 87.7 Å². The van der Waals surface area contributed by atoms with Crippen LogP contribution in [0.25, 0.3) is 0 Å². The van der Waals surface area contributed by atoms with E-state index in [0.29, 0.717) is 12.0 Å². The molecule has 0 spiro atoms. The number of aliphatic hydroxyl groups is 4. The first-order valence-electron chi connectivity index (χ1n) is 10.2. The molecule has 1 aromatic carbocycles. The number of nitrogens with zero attached hydrogens (tertiary/aromatic N) is 1. The van der Waals surface area contributed by atoms with E-state index >= 15 is 0 Å². The maximum atomic E-state index is 11.5. The summed E-state index contributed by atoms with van der Waals surface area (Å²) < 4.78 is 10.8. The zero-order valence-electron chi connectivity index (χ0n) is 17.2. The lowest BCUT2D eigenvalue weighted by Gasteiger charge is -2.42. The van der Waals surface area contributed by atoms with Gasteiger partial charge in [0.25, 0.3) is 0 Å². The van der Waals surface area contributed by atoms with Crippen LogP contribution < -0.4 is 4.74 Å². The second-order valence-corrected chi connectivity index (χ2v) is 8.51. The highest BCUT2D eigenvalue weighted by Gasteiger charge is 2.48. The molecule has 2 aliphatic rings. The van der Waals surface area contributed by atoms with Crippen molar-refractivity contribution in [1.29, 1.82) is 0 Å². The van der Waals surface area contributed by atoms with Crippen molar-refractivity contribution >= 4 is 5.97 Å².